The minimum atomic E-state index is -0.116. The van der Waals surface area contributed by atoms with Gasteiger partial charge in [0.05, 0.1) is 5.92 Å². The van der Waals surface area contributed by atoms with Crippen LogP contribution >= 0.6 is 12.4 Å². The zero-order chi connectivity index (χ0) is 13.3. The number of piperidine rings is 2. The van der Waals surface area contributed by atoms with Gasteiger partial charge in [0, 0.05) is 26.1 Å². The molecule has 0 saturated carbocycles. The third-order valence-corrected chi connectivity index (χ3v) is 5.13. The Balaban J connectivity index is 0.00000147. The summed E-state index contributed by atoms with van der Waals surface area (Å²) in [4.78, 5) is 25.5. The maximum absolute atomic E-state index is 12.3. The fraction of sp³-hybridized carbons (Fsp3) is 0.857. The number of halogens is 1. The molecule has 3 aliphatic heterocycles. The molecule has 3 heterocycles. The molecule has 114 valence electrons. The van der Waals surface area contributed by atoms with Crippen molar-refractivity contribution in [2.75, 3.05) is 32.7 Å². The van der Waals surface area contributed by atoms with E-state index in [9.17, 15) is 9.59 Å². The van der Waals surface area contributed by atoms with Gasteiger partial charge in [-0.2, -0.15) is 0 Å². The lowest BCUT2D eigenvalue weighted by molar-refractivity contribution is -0.138. The SMILES string of the molecule is Cl.O=C1CC(C(=O)N2CCC3(CCNCC3)CC2)CN1. The number of likely N-dealkylation sites (tertiary alicyclic amines) is 1. The smallest absolute Gasteiger partial charge is 0.227 e. The molecule has 0 aliphatic carbocycles. The third-order valence-electron chi connectivity index (χ3n) is 5.13. The van der Waals surface area contributed by atoms with Crippen molar-refractivity contribution in [3.05, 3.63) is 0 Å². The Labute approximate surface area is 126 Å². The van der Waals surface area contributed by atoms with Crippen LogP contribution in [0.5, 0.6) is 0 Å². The summed E-state index contributed by atoms with van der Waals surface area (Å²) in [5.41, 5.74) is 0.478. The third kappa shape index (κ3) is 3.09. The summed E-state index contributed by atoms with van der Waals surface area (Å²) in [5.74, 6) is 0.0851. The number of carbonyl (C=O) groups is 2. The molecule has 0 aromatic rings. The molecule has 0 bridgehead atoms. The van der Waals surface area contributed by atoms with Crippen LogP contribution in [0.4, 0.5) is 0 Å². The average molecular weight is 302 g/mol. The van der Waals surface area contributed by atoms with Crippen molar-refractivity contribution in [3.8, 4) is 0 Å². The fourth-order valence-electron chi connectivity index (χ4n) is 3.70. The Morgan fingerprint density at radius 3 is 2.35 bits per heavy atom. The van der Waals surface area contributed by atoms with Crippen molar-refractivity contribution < 1.29 is 9.59 Å². The van der Waals surface area contributed by atoms with E-state index in [0.29, 0.717) is 18.4 Å². The van der Waals surface area contributed by atoms with Gasteiger partial charge in [0.15, 0.2) is 0 Å². The summed E-state index contributed by atoms with van der Waals surface area (Å²) in [7, 11) is 0. The van der Waals surface area contributed by atoms with Crippen LogP contribution in [0, 0.1) is 11.3 Å². The summed E-state index contributed by atoms with van der Waals surface area (Å²) >= 11 is 0. The molecule has 3 saturated heterocycles. The normalized spacial score (nSPS) is 28.9. The van der Waals surface area contributed by atoms with Gasteiger partial charge in [-0.05, 0) is 44.2 Å². The van der Waals surface area contributed by atoms with Crippen molar-refractivity contribution in [3.63, 3.8) is 0 Å². The number of hydrogen-bond acceptors (Lipinski definition) is 3. The first-order valence-corrected chi connectivity index (χ1v) is 7.45. The van der Waals surface area contributed by atoms with Gasteiger partial charge in [-0.15, -0.1) is 12.4 Å². The van der Waals surface area contributed by atoms with E-state index in [4.69, 9.17) is 0 Å². The van der Waals surface area contributed by atoms with Gasteiger partial charge in [0.1, 0.15) is 0 Å². The fourth-order valence-corrected chi connectivity index (χ4v) is 3.70. The summed E-state index contributed by atoms with van der Waals surface area (Å²) < 4.78 is 0. The van der Waals surface area contributed by atoms with Gasteiger partial charge in [-0.1, -0.05) is 0 Å². The molecule has 3 fully saturated rings. The van der Waals surface area contributed by atoms with Crippen molar-refractivity contribution in [1.29, 1.82) is 0 Å². The highest BCUT2D eigenvalue weighted by Crippen LogP contribution is 2.39. The van der Waals surface area contributed by atoms with Crippen LogP contribution in [0.15, 0.2) is 0 Å². The molecule has 20 heavy (non-hydrogen) atoms. The summed E-state index contributed by atoms with van der Waals surface area (Å²) in [5, 5.41) is 6.17. The predicted octanol–water partition coefficient (Wildman–Crippen LogP) is 0.536. The van der Waals surface area contributed by atoms with E-state index in [-0.39, 0.29) is 30.1 Å². The molecular formula is C14H24ClN3O2. The number of nitrogens with one attached hydrogen (secondary N) is 2. The minimum Gasteiger partial charge on any atom is -0.355 e. The lowest BCUT2D eigenvalue weighted by atomic mass is 9.71. The molecule has 6 heteroatoms. The van der Waals surface area contributed by atoms with E-state index >= 15 is 0 Å². The Bertz CT molecular complexity index is 373. The molecule has 2 amide bonds. The molecule has 2 N–H and O–H groups in total. The van der Waals surface area contributed by atoms with E-state index in [1.807, 2.05) is 4.90 Å². The topological polar surface area (TPSA) is 61.4 Å². The summed E-state index contributed by atoms with van der Waals surface area (Å²) in [6.45, 7) is 4.53. The monoisotopic (exact) mass is 301 g/mol. The lowest BCUT2D eigenvalue weighted by Crippen LogP contribution is -2.48. The van der Waals surface area contributed by atoms with Gasteiger partial charge in [0.2, 0.25) is 11.8 Å². The molecule has 5 nitrogen and oxygen atoms in total. The van der Waals surface area contributed by atoms with Gasteiger partial charge in [-0.25, -0.2) is 0 Å². The van der Waals surface area contributed by atoms with E-state index < -0.39 is 0 Å². The van der Waals surface area contributed by atoms with Crippen LogP contribution in [-0.4, -0.2) is 49.4 Å². The number of rotatable bonds is 1. The minimum absolute atomic E-state index is 0. The van der Waals surface area contributed by atoms with Crippen LogP contribution in [0.25, 0.3) is 0 Å². The molecular weight excluding hydrogens is 278 g/mol. The van der Waals surface area contributed by atoms with Crippen molar-refractivity contribution in [1.82, 2.24) is 15.5 Å². The van der Waals surface area contributed by atoms with Gasteiger partial charge >= 0.3 is 0 Å². The highest BCUT2D eigenvalue weighted by atomic mass is 35.5. The maximum atomic E-state index is 12.3. The maximum Gasteiger partial charge on any atom is 0.227 e. The van der Waals surface area contributed by atoms with Crippen LogP contribution in [0.3, 0.4) is 0 Å². The highest BCUT2D eigenvalue weighted by Gasteiger charge is 2.39. The Hall–Kier alpha value is -0.810. The first kappa shape index (κ1) is 15.6. The Morgan fingerprint density at radius 2 is 1.80 bits per heavy atom. The van der Waals surface area contributed by atoms with Crippen molar-refractivity contribution in [2.24, 2.45) is 11.3 Å². The van der Waals surface area contributed by atoms with Gasteiger partial charge in [-0.3, -0.25) is 9.59 Å². The second-order valence-electron chi connectivity index (χ2n) is 6.28. The summed E-state index contributed by atoms with van der Waals surface area (Å²) in [6, 6.07) is 0. The zero-order valence-corrected chi connectivity index (χ0v) is 12.6. The first-order chi connectivity index (χ1) is 9.19. The first-order valence-electron chi connectivity index (χ1n) is 7.45. The Morgan fingerprint density at radius 1 is 1.15 bits per heavy atom. The van der Waals surface area contributed by atoms with E-state index in [0.717, 1.165) is 39.0 Å². The van der Waals surface area contributed by atoms with Crippen molar-refractivity contribution in [2.45, 2.75) is 32.1 Å². The molecule has 0 aromatic heterocycles. The van der Waals surface area contributed by atoms with Crippen LogP contribution in [0.2, 0.25) is 0 Å². The summed E-state index contributed by atoms with van der Waals surface area (Å²) in [6.07, 6.45) is 5.14. The molecule has 0 radical (unpaired) electrons. The van der Waals surface area contributed by atoms with Crippen LogP contribution in [-0.2, 0) is 9.59 Å². The largest absolute Gasteiger partial charge is 0.355 e. The van der Waals surface area contributed by atoms with E-state index in [2.05, 4.69) is 10.6 Å². The molecule has 3 rings (SSSR count). The molecule has 0 aromatic carbocycles. The number of carbonyl (C=O) groups excluding carboxylic acids is 2. The average Bonchev–Trinajstić information content (AvgIpc) is 2.87. The van der Waals surface area contributed by atoms with Gasteiger partial charge < -0.3 is 15.5 Å². The molecule has 3 aliphatic rings. The van der Waals surface area contributed by atoms with Crippen LogP contribution in [0.1, 0.15) is 32.1 Å². The van der Waals surface area contributed by atoms with Gasteiger partial charge in [0.25, 0.3) is 0 Å². The van der Waals surface area contributed by atoms with Crippen molar-refractivity contribution >= 4 is 24.2 Å². The number of hydrogen-bond donors (Lipinski definition) is 2. The molecule has 1 spiro atoms. The highest BCUT2D eigenvalue weighted by molar-refractivity contribution is 5.89. The number of nitrogens with zero attached hydrogens (tertiary/aromatic N) is 1. The quantitative estimate of drug-likeness (QED) is 0.743. The zero-order valence-electron chi connectivity index (χ0n) is 11.8. The second-order valence-corrected chi connectivity index (χ2v) is 6.28. The standard InChI is InChI=1S/C14H23N3O2.ClH/c18-12-9-11(10-16-12)13(19)17-7-3-14(4-8-17)1-5-15-6-2-14;/h11,15H,1-10H2,(H,16,18);1H. The second kappa shape index (κ2) is 6.31. The van der Waals surface area contributed by atoms with E-state index in [1.54, 1.807) is 0 Å². The molecule has 1 unspecified atom stereocenters. The van der Waals surface area contributed by atoms with E-state index in [1.165, 1.54) is 12.8 Å². The van der Waals surface area contributed by atoms with Crippen LogP contribution < -0.4 is 10.6 Å². The molecule has 1 atom stereocenters. The Kier molecular flexibility index (Phi) is 4.91. The number of amides is 2. The predicted molar refractivity (Wildman–Crippen MR) is 78.7 cm³/mol. The lowest BCUT2D eigenvalue weighted by Gasteiger charge is -2.44.